The monoisotopic (exact) mass is 345 g/mol. The van der Waals surface area contributed by atoms with E-state index in [0.717, 1.165) is 36.6 Å². The van der Waals surface area contributed by atoms with Crippen molar-refractivity contribution in [1.29, 1.82) is 0 Å². The Morgan fingerprint density at radius 1 is 1.36 bits per heavy atom. The Morgan fingerprint density at radius 2 is 2.16 bits per heavy atom. The van der Waals surface area contributed by atoms with Crippen molar-refractivity contribution in [3.05, 3.63) is 35.4 Å². The highest BCUT2D eigenvalue weighted by atomic mass is 16.2. The van der Waals surface area contributed by atoms with Crippen LogP contribution in [0.5, 0.6) is 0 Å². The molecule has 1 amide bonds. The van der Waals surface area contributed by atoms with Gasteiger partial charge in [-0.3, -0.25) is 9.79 Å². The van der Waals surface area contributed by atoms with E-state index in [0.29, 0.717) is 6.04 Å². The van der Waals surface area contributed by atoms with E-state index >= 15 is 0 Å². The van der Waals surface area contributed by atoms with Gasteiger partial charge in [-0.2, -0.15) is 0 Å². The predicted octanol–water partition coefficient (Wildman–Crippen LogP) is 1.19. The molecule has 2 N–H and O–H groups in total. The van der Waals surface area contributed by atoms with Crippen molar-refractivity contribution in [2.75, 3.05) is 47.8 Å². The lowest BCUT2D eigenvalue weighted by atomic mass is 10.1. The maximum absolute atomic E-state index is 12.0. The number of nitrogens with zero attached hydrogens (tertiary/aromatic N) is 3. The molecule has 25 heavy (non-hydrogen) atoms. The van der Waals surface area contributed by atoms with Crippen molar-refractivity contribution in [1.82, 2.24) is 20.4 Å². The lowest BCUT2D eigenvalue weighted by Crippen LogP contribution is -2.44. The molecule has 6 heteroatoms. The van der Waals surface area contributed by atoms with Gasteiger partial charge >= 0.3 is 0 Å². The van der Waals surface area contributed by atoms with Crippen molar-refractivity contribution in [3.63, 3.8) is 0 Å². The standard InChI is InChI=1S/C19H31N5O/c1-20-19(22-14-17-9-6-12-24(17)4)21-11-10-15-7-5-8-16(13-15)18(25)23(2)3/h5,7-8,13,17H,6,9-12,14H2,1-4H3,(H2,20,21,22). The van der Waals surface area contributed by atoms with Gasteiger partial charge in [-0.15, -0.1) is 0 Å². The summed E-state index contributed by atoms with van der Waals surface area (Å²) in [7, 11) is 7.52. The van der Waals surface area contributed by atoms with Crippen molar-refractivity contribution in [2.24, 2.45) is 4.99 Å². The van der Waals surface area contributed by atoms with Gasteiger partial charge in [0.15, 0.2) is 5.96 Å². The van der Waals surface area contributed by atoms with Gasteiger partial charge < -0.3 is 20.4 Å². The molecule has 0 aromatic heterocycles. The molecule has 1 heterocycles. The smallest absolute Gasteiger partial charge is 0.253 e. The average Bonchev–Trinajstić information content (AvgIpc) is 3.02. The Labute approximate surface area is 151 Å². The molecule has 1 saturated heterocycles. The first kappa shape index (κ1) is 19.2. The van der Waals surface area contributed by atoms with Crippen LogP contribution in [0.4, 0.5) is 0 Å². The Kier molecular flexibility index (Phi) is 7.25. The van der Waals surface area contributed by atoms with Crippen LogP contribution in [0.25, 0.3) is 0 Å². The minimum absolute atomic E-state index is 0.0352. The lowest BCUT2D eigenvalue weighted by Gasteiger charge is -2.21. The summed E-state index contributed by atoms with van der Waals surface area (Å²) < 4.78 is 0. The van der Waals surface area contributed by atoms with Crippen LogP contribution in [-0.2, 0) is 6.42 Å². The van der Waals surface area contributed by atoms with Crippen LogP contribution in [0.1, 0.15) is 28.8 Å². The highest BCUT2D eigenvalue weighted by Gasteiger charge is 2.20. The highest BCUT2D eigenvalue weighted by Crippen LogP contribution is 2.13. The van der Waals surface area contributed by atoms with Crippen molar-refractivity contribution in [2.45, 2.75) is 25.3 Å². The summed E-state index contributed by atoms with van der Waals surface area (Å²) in [6.07, 6.45) is 3.36. The Morgan fingerprint density at radius 3 is 2.80 bits per heavy atom. The molecule has 138 valence electrons. The summed E-state index contributed by atoms with van der Waals surface area (Å²) in [5.41, 5.74) is 1.88. The largest absolute Gasteiger partial charge is 0.356 e. The molecular formula is C19H31N5O. The Bertz CT molecular complexity index is 599. The third kappa shape index (κ3) is 5.74. The zero-order chi connectivity index (χ0) is 18.2. The number of likely N-dealkylation sites (N-methyl/N-ethyl adjacent to an activating group) is 1. The molecule has 1 unspecified atom stereocenters. The number of carbonyl (C=O) groups excluding carboxylic acids is 1. The van der Waals surface area contributed by atoms with E-state index in [1.807, 2.05) is 18.2 Å². The number of benzene rings is 1. The molecular weight excluding hydrogens is 314 g/mol. The summed E-state index contributed by atoms with van der Waals surface area (Å²) in [6.45, 7) is 2.88. The summed E-state index contributed by atoms with van der Waals surface area (Å²) in [4.78, 5) is 20.3. The molecule has 6 nitrogen and oxygen atoms in total. The average molecular weight is 345 g/mol. The number of guanidine groups is 1. The number of aliphatic imine (C=N–C) groups is 1. The summed E-state index contributed by atoms with van der Waals surface area (Å²) in [5.74, 6) is 0.869. The summed E-state index contributed by atoms with van der Waals surface area (Å²) in [5, 5.41) is 6.76. The lowest BCUT2D eigenvalue weighted by molar-refractivity contribution is 0.0827. The first-order valence-corrected chi connectivity index (χ1v) is 8.96. The molecule has 0 radical (unpaired) electrons. The van der Waals surface area contributed by atoms with Gasteiger partial charge in [0.1, 0.15) is 0 Å². The summed E-state index contributed by atoms with van der Waals surface area (Å²) in [6, 6.07) is 8.41. The second-order valence-electron chi connectivity index (χ2n) is 6.81. The zero-order valence-electron chi connectivity index (χ0n) is 15.9. The maximum atomic E-state index is 12.0. The van der Waals surface area contributed by atoms with Crippen LogP contribution in [0.2, 0.25) is 0 Å². The van der Waals surface area contributed by atoms with Crippen LogP contribution < -0.4 is 10.6 Å². The molecule has 0 bridgehead atoms. The minimum atomic E-state index is 0.0352. The quantitative estimate of drug-likeness (QED) is 0.601. The van der Waals surface area contributed by atoms with Crippen molar-refractivity contribution >= 4 is 11.9 Å². The molecule has 1 atom stereocenters. The normalized spacial score (nSPS) is 18.2. The molecule has 1 aromatic carbocycles. The highest BCUT2D eigenvalue weighted by molar-refractivity contribution is 5.94. The fourth-order valence-electron chi connectivity index (χ4n) is 3.12. The van der Waals surface area contributed by atoms with Crippen LogP contribution in [0, 0.1) is 0 Å². The Balaban J connectivity index is 1.78. The van der Waals surface area contributed by atoms with E-state index < -0.39 is 0 Å². The number of rotatable bonds is 6. The van der Waals surface area contributed by atoms with Crippen molar-refractivity contribution in [3.8, 4) is 0 Å². The molecule has 1 fully saturated rings. The molecule has 0 saturated carbocycles. The van der Waals surface area contributed by atoms with Gasteiger partial charge in [0.2, 0.25) is 0 Å². The van der Waals surface area contributed by atoms with Gasteiger partial charge in [0, 0.05) is 45.8 Å². The third-order valence-electron chi connectivity index (χ3n) is 4.69. The van der Waals surface area contributed by atoms with Gasteiger partial charge in [-0.25, -0.2) is 0 Å². The van der Waals surface area contributed by atoms with Crippen molar-refractivity contribution < 1.29 is 4.79 Å². The number of hydrogen-bond donors (Lipinski definition) is 2. The first-order chi connectivity index (χ1) is 12.0. The molecule has 0 aliphatic carbocycles. The van der Waals surface area contributed by atoms with Crippen LogP contribution in [0.15, 0.2) is 29.3 Å². The first-order valence-electron chi connectivity index (χ1n) is 8.96. The van der Waals surface area contributed by atoms with E-state index in [9.17, 15) is 4.79 Å². The molecule has 1 aliphatic heterocycles. The number of amides is 1. The van der Waals surface area contributed by atoms with Crippen LogP contribution in [0.3, 0.4) is 0 Å². The van der Waals surface area contributed by atoms with Crippen LogP contribution >= 0.6 is 0 Å². The fraction of sp³-hybridized carbons (Fsp3) is 0.579. The molecule has 1 aliphatic rings. The topological polar surface area (TPSA) is 60.0 Å². The Hall–Kier alpha value is -2.08. The van der Waals surface area contributed by atoms with Crippen LogP contribution in [-0.4, -0.2) is 75.5 Å². The summed E-state index contributed by atoms with van der Waals surface area (Å²) >= 11 is 0. The van der Waals surface area contributed by atoms with Gasteiger partial charge in [-0.05, 0) is 50.6 Å². The minimum Gasteiger partial charge on any atom is -0.356 e. The number of nitrogens with one attached hydrogen (secondary N) is 2. The predicted molar refractivity (Wildman–Crippen MR) is 103 cm³/mol. The second-order valence-corrected chi connectivity index (χ2v) is 6.81. The van der Waals surface area contributed by atoms with E-state index in [1.165, 1.54) is 19.4 Å². The van der Waals surface area contributed by atoms with Gasteiger partial charge in [-0.1, -0.05) is 12.1 Å². The maximum Gasteiger partial charge on any atom is 0.253 e. The van der Waals surface area contributed by atoms with Gasteiger partial charge in [0.25, 0.3) is 5.91 Å². The molecule has 1 aromatic rings. The molecule has 2 rings (SSSR count). The second kappa shape index (κ2) is 9.42. The van der Waals surface area contributed by atoms with E-state index in [2.05, 4.69) is 33.6 Å². The van der Waals surface area contributed by atoms with Gasteiger partial charge in [0.05, 0.1) is 0 Å². The SMILES string of the molecule is CN=C(NCCc1cccc(C(=O)N(C)C)c1)NCC1CCCN1C. The third-order valence-corrected chi connectivity index (χ3v) is 4.69. The number of hydrogen-bond acceptors (Lipinski definition) is 3. The van der Waals surface area contributed by atoms with E-state index in [1.54, 1.807) is 26.0 Å². The fourth-order valence-corrected chi connectivity index (χ4v) is 3.12. The number of likely N-dealkylation sites (tertiary alicyclic amines) is 1. The zero-order valence-corrected chi connectivity index (χ0v) is 15.9. The van der Waals surface area contributed by atoms with E-state index in [-0.39, 0.29) is 5.91 Å². The number of carbonyl (C=O) groups is 1. The molecule has 0 spiro atoms. The van der Waals surface area contributed by atoms with E-state index in [4.69, 9.17) is 0 Å².